The van der Waals surface area contributed by atoms with Crippen LogP contribution in [0.1, 0.15) is 20.8 Å². The number of para-hydroxylation sites is 1. The number of hydrogen-bond donors (Lipinski definition) is 0. The van der Waals surface area contributed by atoms with Gasteiger partial charge in [-0.1, -0.05) is 37.7 Å². The lowest BCUT2D eigenvalue weighted by Crippen LogP contribution is -2.32. The summed E-state index contributed by atoms with van der Waals surface area (Å²) in [5, 5.41) is 10.1. The summed E-state index contributed by atoms with van der Waals surface area (Å²) in [5.74, 6) is 0. The van der Waals surface area contributed by atoms with Crippen LogP contribution in [0.5, 0.6) is 0 Å². The maximum atomic E-state index is 12.8. The quantitative estimate of drug-likeness (QED) is 0.577. The summed E-state index contributed by atoms with van der Waals surface area (Å²) in [4.78, 5) is 19.7. The minimum absolute atomic E-state index is 0.0320. The van der Waals surface area contributed by atoms with Crippen LogP contribution >= 0.6 is 11.8 Å². The van der Waals surface area contributed by atoms with Gasteiger partial charge in [0, 0.05) is 13.1 Å². The molecule has 1 heterocycles. The first-order valence-electron chi connectivity index (χ1n) is 7.88. The molecule has 1 aromatic carbocycles. The van der Waals surface area contributed by atoms with Crippen LogP contribution in [0.3, 0.4) is 0 Å². The van der Waals surface area contributed by atoms with Crippen molar-refractivity contribution in [2.75, 3.05) is 19.6 Å². The molecule has 23 heavy (non-hydrogen) atoms. The highest BCUT2D eigenvalue weighted by Crippen LogP contribution is 2.21. The number of nitriles is 1. The largest absolute Gasteiger partial charge is 0.302 e. The number of rotatable bonds is 7. The average Bonchev–Trinajstić information content (AvgIpc) is 2.57. The minimum atomic E-state index is -0.247. The third-order valence-electron chi connectivity index (χ3n) is 3.82. The van der Waals surface area contributed by atoms with Crippen molar-refractivity contribution < 1.29 is 0 Å². The van der Waals surface area contributed by atoms with Gasteiger partial charge in [-0.05, 0) is 32.1 Å². The van der Waals surface area contributed by atoms with Crippen molar-refractivity contribution in [3.63, 3.8) is 0 Å². The molecular formula is C17H22N4OS. The first-order chi connectivity index (χ1) is 11.1. The van der Waals surface area contributed by atoms with Crippen LogP contribution in [-0.4, -0.2) is 39.3 Å². The van der Waals surface area contributed by atoms with E-state index in [0.29, 0.717) is 22.6 Å². The van der Waals surface area contributed by atoms with E-state index >= 15 is 0 Å². The number of benzene rings is 1. The fourth-order valence-corrected chi connectivity index (χ4v) is 3.22. The third kappa shape index (κ3) is 4.12. The molecule has 6 heteroatoms. The Morgan fingerprint density at radius 2 is 2.04 bits per heavy atom. The lowest BCUT2D eigenvalue weighted by Gasteiger charge is -2.20. The molecule has 0 saturated carbocycles. The van der Waals surface area contributed by atoms with E-state index in [9.17, 15) is 4.79 Å². The SMILES string of the molecule is CCN(CC)CCn1c(S[C@@H](C)C#N)nc2ccccc2c1=O. The molecule has 0 aliphatic carbocycles. The fourth-order valence-electron chi connectivity index (χ4n) is 2.40. The van der Waals surface area contributed by atoms with Crippen LogP contribution in [0, 0.1) is 11.3 Å². The summed E-state index contributed by atoms with van der Waals surface area (Å²) in [5.41, 5.74) is 0.652. The Balaban J connectivity index is 2.45. The van der Waals surface area contributed by atoms with Gasteiger partial charge in [-0.3, -0.25) is 9.36 Å². The van der Waals surface area contributed by atoms with E-state index in [2.05, 4.69) is 29.8 Å². The van der Waals surface area contributed by atoms with Gasteiger partial charge in [0.2, 0.25) is 0 Å². The van der Waals surface area contributed by atoms with E-state index in [-0.39, 0.29) is 10.8 Å². The number of fused-ring (bicyclic) bond motifs is 1. The number of likely N-dealkylation sites (N-methyl/N-ethyl adjacent to an activating group) is 1. The Morgan fingerprint density at radius 3 is 2.70 bits per heavy atom. The standard InChI is InChI=1S/C17H22N4OS/c1-4-20(5-2)10-11-21-16(22)14-8-6-7-9-15(14)19-17(21)23-13(3)12-18/h6-9,13H,4-5,10-11H2,1-3H3/t13-/m0/s1. The highest BCUT2D eigenvalue weighted by atomic mass is 32.2. The third-order valence-corrected chi connectivity index (χ3v) is 4.81. The monoisotopic (exact) mass is 330 g/mol. The van der Waals surface area contributed by atoms with Gasteiger partial charge in [0.25, 0.3) is 5.56 Å². The van der Waals surface area contributed by atoms with Crippen molar-refractivity contribution in [1.29, 1.82) is 5.26 Å². The summed E-state index contributed by atoms with van der Waals surface area (Å²) in [6.07, 6.45) is 0. The van der Waals surface area contributed by atoms with E-state index in [1.165, 1.54) is 11.8 Å². The molecule has 0 radical (unpaired) electrons. The van der Waals surface area contributed by atoms with Crippen molar-refractivity contribution in [2.45, 2.75) is 37.7 Å². The Morgan fingerprint density at radius 1 is 1.35 bits per heavy atom. The highest BCUT2D eigenvalue weighted by molar-refractivity contribution is 8.00. The molecular weight excluding hydrogens is 308 g/mol. The smallest absolute Gasteiger partial charge is 0.262 e. The molecule has 0 aliphatic rings. The summed E-state index contributed by atoms with van der Waals surface area (Å²) >= 11 is 1.34. The Labute approximate surface area is 140 Å². The number of thioether (sulfide) groups is 1. The van der Waals surface area contributed by atoms with Gasteiger partial charge < -0.3 is 4.90 Å². The van der Waals surface area contributed by atoms with E-state index in [0.717, 1.165) is 19.6 Å². The molecule has 0 unspecified atom stereocenters. The summed E-state index contributed by atoms with van der Waals surface area (Å²) in [7, 11) is 0. The van der Waals surface area contributed by atoms with Gasteiger partial charge in [-0.15, -0.1) is 0 Å². The van der Waals surface area contributed by atoms with Crippen molar-refractivity contribution in [2.24, 2.45) is 0 Å². The Bertz CT molecular complexity index is 761. The molecule has 2 rings (SSSR count). The maximum Gasteiger partial charge on any atom is 0.262 e. The summed E-state index contributed by atoms with van der Waals surface area (Å²) in [6, 6.07) is 9.56. The topological polar surface area (TPSA) is 61.9 Å². The Kier molecular flexibility index (Phi) is 6.20. The molecule has 122 valence electrons. The van der Waals surface area contributed by atoms with E-state index < -0.39 is 0 Å². The zero-order valence-corrected chi connectivity index (χ0v) is 14.6. The van der Waals surface area contributed by atoms with Crippen LogP contribution in [0.25, 0.3) is 10.9 Å². The highest BCUT2D eigenvalue weighted by Gasteiger charge is 2.14. The van der Waals surface area contributed by atoms with E-state index in [1.54, 1.807) is 10.6 Å². The Hall–Kier alpha value is -1.84. The van der Waals surface area contributed by atoms with Crippen molar-refractivity contribution in [3.05, 3.63) is 34.6 Å². The van der Waals surface area contributed by atoms with Crippen molar-refractivity contribution in [1.82, 2.24) is 14.5 Å². The predicted molar refractivity (Wildman–Crippen MR) is 94.7 cm³/mol. The molecule has 0 aliphatic heterocycles. The van der Waals surface area contributed by atoms with Crippen LogP contribution in [0.4, 0.5) is 0 Å². The second-order valence-electron chi connectivity index (χ2n) is 5.28. The maximum absolute atomic E-state index is 12.8. The molecule has 0 spiro atoms. The van der Waals surface area contributed by atoms with Crippen molar-refractivity contribution >= 4 is 22.7 Å². The number of nitrogens with zero attached hydrogens (tertiary/aromatic N) is 4. The molecule has 0 N–H and O–H groups in total. The zero-order valence-electron chi connectivity index (χ0n) is 13.8. The molecule has 1 atom stereocenters. The average molecular weight is 330 g/mol. The van der Waals surface area contributed by atoms with E-state index in [1.807, 2.05) is 25.1 Å². The first-order valence-corrected chi connectivity index (χ1v) is 8.76. The first kappa shape index (κ1) is 17.5. The van der Waals surface area contributed by atoms with Gasteiger partial charge >= 0.3 is 0 Å². The summed E-state index contributed by atoms with van der Waals surface area (Å²) in [6.45, 7) is 9.31. The van der Waals surface area contributed by atoms with Gasteiger partial charge in [-0.25, -0.2) is 4.98 Å². The lowest BCUT2D eigenvalue weighted by molar-refractivity contribution is 0.284. The van der Waals surface area contributed by atoms with Gasteiger partial charge in [0.1, 0.15) is 0 Å². The second-order valence-corrected chi connectivity index (χ2v) is 6.59. The minimum Gasteiger partial charge on any atom is -0.302 e. The molecule has 2 aromatic rings. The molecule has 0 bridgehead atoms. The summed E-state index contributed by atoms with van der Waals surface area (Å²) < 4.78 is 1.71. The lowest BCUT2D eigenvalue weighted by atomic mass is 10.2. The molecule has 0 fully saturated rings. The second kappa shape index (κ2) is 8.14. The molecule has 0 saturated heterocycles. The molecule has 5 nitrogen and oxygen atoms in total. The van der Waals surface area contributed by atoms with Gasteiger partial charge in [-0.2, -0.15) is 5.26 Å². The number of aromatic nitrogens is 2. The normalized spacial score (nSPS) is 12.5. The van der Waals surface area contributed by atoms with Crippen LogP contribution in [0.15, 0.2) is 34.2 Å². The van der Waals surface area contributed by atoms with Gasteiger partial charge in [0.15, 0.2) is 5.16 Å². The van der Waals surface area contributed by atoms with Crippen LogP contribution in [-0.2, 0) is 6.54 Å². The zero-order chi connectivity index (χ0) is 16.8. The van der Waals surface area contributed by atoms with Crippen LogP contribution < -0.4 is 5.56 Å². The van der Waals surface area contributed by atoms with Gasteiger partial charge in [0.05, 0.1) is 22.2 Å². The fraction of sp³-hybridized carbons (Fsp3) is 0.471. The van der Waals surface area contributed by atoms with E-state index in [4.69, 9.17) is 5.26 Å². The predicted octanol–water partition coefficient (Wildman–Crippen LogP) is 2.74. The molecule has 0 amide bonds. The van der Waals surface area contributed by atoms with Crippen molar-refractivity contribution in [3.8, 4) is 6.07 Å². The number of hydrogen-bond acceptors (Lipinski definition) is 5. The molecule has 1 aromatic heterocycles. The van der Waals surface area contributed by atoms with Crippen LogP contribution in [0.2, 0.25) is 0 Å².